The van der Waals surface area contributed by atoms with Gasteiger partial charge in [-0.1, -0.05) is 6.92 Å². The summed E-state index contributed by atoms with van der Waals surface area (Å²) in [5.41, 5.74) is 0. The maximum absolute atomic E-state index is 12.3. The Kier molecular flexibility index (Phi) is 4.47. The molecule has 1 N–H and O–H groups in total. The zero-order chi connectivity index (χ0) is 15.7. The van der Waals surface area contributed by atoms with E-state index in [0.717, 1.165) is 37.4 Å². The molecule has 22 heavy (non-hydrogen) atoms. The predicted octanol–water partition coefficient (Wildman–Crippen LogP) is 2.21. The van der Waals surface area contributed by atoms with E-state index in [2.05, 4.69) is 17.2 Å². The molecule has 3 atom stereocenters. The van der Waals surface area contributed by atoms with Gasteiger partial charge in [-0.2, -0.15) is 0 Å². The molecule has 2 aliphatic rings. The van der Waals surface area contributed by atoms with Crippen LogP contribution in [0.25, 0.3) is 0 Å². The number of likely N-dealkylation sites (tertiary alicyclic amines) is 1. The first kappa shape index (κ1) is 15.5. The molecule has 5 nitrogen and oxygen atoms in total. The molecule has 1 aliphatic carbocycles. The van der Waals surface area contributed by atoms with Crippen molar-refractivity contribution in [3.8, 4) is 0 Å². The summed E-state index contributed by atoms with van der Waals surface area (Å²) in [5, 5.41) is 5.95. The summed E-state index contributed by atoms with van der Waals surface area (Å²) in [6.45, 7) is 5.29. The molecule has 3 rings (SSSR count). The zero-order valence-electron chi connectivity index (χ0n) is 13.1. The Hall–Kier alpha value is -1.43. The fourth-order valence-corrected chi connectivity index (χ4v) is 4.12. The Morgan fingerprint density at radius 2 is 2.09 bits per heavy atom. The molecule has 0 unspecified atom stereocenters. The molecule has 1 aromatic rings. The lowest BCUT2D eigenvalue weighted by atomic mass is 9.89. The van der Waals surface area contributed by atoms with E-state index in [0.29, 0.717) is 17.7 Å². The molecule has 1 aromatic heterocycles. The number of carbonyl (C=O) groups excluding carboxylic acids is 2. The summed E-state index contributed by atoms with van der Waals surface area (Å²) in [5.74, 6) is 1.49. The van der Waals surface area contributed by atoms with Gasteiger partial charge in [-0.15, -0.1) is 11.3 Å². The van der Waals surface area contributed by atoms with Crippen molar-refractivity contribution in [3.63, 3.8) is 0 Å². The Morgan fingerprint density at radius 3 is 2.59 bits per heavy atom. The van der Waals surface area contributed by atoms with Crippen molar-refractivity contribution in [2.75, 3.05) is 13.1 Å². The van der Waals surface area contributed by atoms with Crippen LogP contribution in [0, 0.1) is 17.8 Å². The van der Waals surface area contributed by atoms with E-state index in [-0.39, 0.29) is 17.9 Å². The van der Waals surface area contributed by atoms with Crippen LogP contribution in [0.15, 0.2) is 11.6 Å². The van der Waals surface area contributed by atoms with Crippen LogP contribution < -0.4 is 5.32 Å². The third-order valence-corrected chi connectivity index (χ3v) is 5.68. The number of aromatic nitrogens is 1. The van der Waals surface area contributed by atoms with E-state index in [9.17, 15) is 9.59 Å². The van der Waals surface area contributed by atoms with Gasteiger partial charge in [0.15, 0.2) is 0 Å². The molecule has 0 bridgehead atoms. The van der Waals surface area contributed by atoms with Crippen LogP contribution in [0.2, 0.25) is 0 Å². The fraction of sp³-hybridized carbons (Fsp3) is 0.688. The number of amides is 2. The monoisotopic (exact) mass is 321 g/mol. The number of nitrogens with one attached hydrogen (secondary N) is 1. The summed E-state index contributed by atoms with van der Waals surface area (Å²) >= 11 is 1.58. The summed E-state index contributed by atoms with van der Waals surface area (Å²) in [6.07, 6.45) is 4.68. The number of thiazole rings is 1. The van der Waals surface area contributed by atoms with E-state index in [1.807, 2.05) is 10.3 Å². The Balaban J connectivity index is 1.60. The van der Waals surface area contributed by atoms with Gasteiger partial charge in [0.25, 0.3) is 0 Å². The van der Waals surface area contributed by atoms with Crippen LogP contribution in [-0.2, 0) is 9.59 Å². The average molecular weight is 321 g/mol. The number of rotatable bonds is 4. The van der Waals surface area contributed by atoms with Crippen molar-refractivity contribution in [1.82, 2.24) is 15.2 Å². The van der Waals surface area contributed by atoms with Crippen LogP contribution in [-0.4, -0.2) is 34.8 Å². The standard InChI is InChI=1S/C16H23N3O2S/c1-10-9-13(10)16(21)19-6-3-12(4-7-19)14(18-11(2)20)15-17-5-8-22-15/h5,8,10,12-14H,3-4,6-7,9H2,1-2H3,(H,18,20)/t10-,13-,14+/m1/s1. The third-order valence-electron chi connectivity index (χ3n) is 4.83. The maximum atomic E-state index is 12.3. The average Bonchev–Trinajstić information content (AvgIpc) is 3.01. The van der Waals surface area contributed by atoms with Crippen molar-refractivity contribution in [1.29, 1.82) is 0 Å². The highest BCUT2D eigenvalue weighted by molar-refractivity contribution is 7.09. The number of nitrogens with zero attached hydrogens (tertiary/aromatic N) is 2. The lowest BCUT2D eigenvalue weighted by Gasteiger charge is -2.35. The Labute approximate surface area is 135 Å². The van der Waals surface area contributed by atoms with Crippen LogP contribution in [0.5, 0.6) is 0 Å². The molecule has 0 radical (unpaired) electrons. The highest BCUT2D eigenvalue weighted by Crippen LogP contribution is 2.40. The molecular formula is C16H23N3O2S. The maximum Gasteiger partial charge on any atom is 0.225 e. The van der Waals surface area contributed by atoms with Crippen molar-refractivity contribution in [3.05, 3.63) is 16.6 Å². The second-order valence-corrected chi connectivity index (χ2v) is 7.46. The summed E-state index contributed by atoms with van der Waals surface area (Å²) in [4.78, 5) is 30.2. The molecule has 2 amide bonds. The minimum atomic E-state index is -0.0227. The predicted molar refractivity (Wildman–Crippen MR) is 85.2 cm³/mol. The van der Waals surface area contributed by atoms with E-state index < -0.39 is 0 Å². The highest BCUT2D eigenvalue weighted by atomic mass is 32.1. The minimum Gasteiger partial charge on any atom is -0.347 e. The molecule has 1 saturated heterocycles. The SMILES string of the molecule is CC(=O)N[C@H](c1nccs1)C1CCN(C(=O)[C@@H]2C[C@H]2C)CC1. The molecule has 2 heterocycles. The van der Waals surface area contributed by atoms with Crippen molar-refractivity contribution >= 4 is 23.2 Å². The van der Waals surface area contributed by atoms with Crippen molar-refractivity contribution in [2.24, 2.45) is 17.8 Å². The largest absolute Gasteiger partial charge is 0.347 e. The van der Waals surface area contributed by atoms with E-state index >= 15 is 0 Å². The van der Waals surface area contributed by atoms with Gasteiger partial charge in [0.2, 0.25) is 11.8 Å². The molecule has 1 saturated carbocycles. The summed E-state index contributed by atoms with van der Waals surface area (Å²) in [7, 11) is 0. The lowest BCUT2D eigenvalue weighted by molar-refractivity contribution is -0.134. The summed E-state index contributed by atoms with van der Waals surface area (Å²) in [6, 6.07) is -0.0189. The first-order valence-corrected chi connectivity index (χ1v) is 8.89. The number of carbonyl (C=O) groups is 2. The fourth-order valence-electron chi connectivity index (χ4n) is 3.34. The van der Waals surface area contributed by atoms with Gasteiger partial charge in [0.1, 0.15) is 5.01 Å². The third kappa shape index (κ3) is 3.32. The summed E-state index contributed by atoms with van der Waals surface area (Å²) < 4.78 is 0. The van der Waals surface area contributed by atoms with Crippen LogP contribution >= 0.6 is 11.3 Å². The molecule has 2 fully saturated rings. The van der Waals surface area contributed by atoms with E-state index in [4.69, 9.17) is 0 Å². The minimum absolute atomic E-state index is 0.0189. The smallest absolute Gasteiger partial charge is 0.225 e. The molecule has 120 valence electrons. The van der Waals surface area contributed by atoms with Gasteiger partial charge in [-0.3, -0.25) is 9.59 Å². The number of piperidine rings is 1. The quantitative estimate of drug-likeness (QED) is 0.925. The first-order valence-electron chi connectivity index (χ1n) is 8.01. The molecule has 6 heteroatoms. The van der Waals surface area contributed by atoms with Gasteiger partial charge in [0, 0.05) is 37.5 Å². The van der Waals surface area contributed by atoms with E-state index in [1.54, 1.807) is 24.5 Å². The van der Waals surface area contributed by atoms with Crippen LogP contribution in [0.3, 0.4) is 0 Å². The topological polar surface area (TPSA) is 62.3 Å². The van der Waals surface area contributed by atoms with Crippen molar-refractivity contribution in [2.45, 2.75) is 39.2 Å². The molecule has 0 spiro atoms. The van der Waals surface area contributed by atoms with Gasteiger partial charge in [-0.05, 0) is 31.1 Å². The molecule has 1 aliphatic heterocycles. The lowest BCUT2D eigenvalue weighted by Crippen LogP contribution is -2.43. The number of hydrogen-bond acceptors (Lipinski definition) is 4. The molecule has 0 aromatic carbocycles. The highest BCUT2D eigenvalue weighted by Gasteiger charge is 2.42. The van der Waals surface area contributed by atoms with Gasteiger partial charge < -0.3 is 10.2 Å². The van der Waals surface area contributed by atoms with Crippen molar-refractivity contribution < 1.29 is 9.59 Å². The zero-order valence-corrected chi connectivity index (χ0v) is 13.9. The molecular weight excluding hydrogens is 298 g/mol. The van der Waals surface area contributed by atoms with Gasteiger partial charge in [-0.25, -0.2) is 4.98 Å². The van der Waals surface area contributed by atoms with Gasteiger partial charge >= 0.3 is 0 Å². The number of hydrogen-bond donors (Lipinski definition) is 1. The second-order valence-electron chi connectivity index (χ2n) is 6.53. The Bertz CT molecular complexity index is 538. The second kappa shape index (κ2) is 6.36. The normalized spacial score (nSPS) is 26.5. The van der Waals surface area contributed by atoms with Crippen LogP contribution in [0.4, 0.5) is 0 Å². The first-order chi connectivity index (χ1) is 10.6. The van der Waals surface area contributed by atoms with Crippen LogP contribution in [0.1, 0.15) is 44.2 Å². The Morgan fingerprint density at radius 1 is 1.41 bits per heavy atom. The van der Waals surface area contributed by atoms with Gasteiger partial charge in [0.05, 0.1) is 6.04 Å². The van der Waals surface area contributed by atoms with E-state index in [1.165, 1.54) is 0 Å².